The molecule has 1 heterocycles. The van der Waals surface area contributed by atoms with Crippen LogP contribution in [0, 0.1) is 0 Å². The van der Waals surface area contributed by atoms with Gasteiger partial charge in [-0.3, -0.25) is 4.90 Å². The number of ether oxygens (including phenoxy) is 2. The molecule has 2 rings (SSSR count). The van der Waals surface area contributed by atoms with Crippen molar-refractivity contribution in [2.75, 3.05) is 32.5 Å². The van der Waals surface area contributed by atoms with E-state index in [0.717, 1.165) is 13.1 Å². The molecule has 21 heavy (non-hydrogen) atoms. The molecule has 2 atom stereocenters. The van der Waals surface area contributed by atoms with E-state index in [1.54, 1.807) is 24.3 Å². The van der Waals surface area contributed by atoms with Gasteiger partial charge in [0.15, 0.2) is 9.84 Å². The van der Waals surface area contributed by atoms with Gasteiger partial charge in [0.05, 0.1) is 30.0 Å². The minimum Gasteiger partial charge on any atom is -0.497 e. The van der Waals surface area contributed by atoms with Gasteiger partial charge in [-0.05, 0) is 32.0 Å². The van der Waals surface area contributed by atoms with E-state index in [9.17, 15) is 8.42 Å². The number of hydrogen-bond donors (Lipinski definition) is 0. The lowest BCUT2D eigenvalue weighted by Crippen LogP contribution is -2.46. The summed E-state index contributed by atoms with van der Waals surface area (Å²) in [6, 6.07) is 6.62. The zero-order chi connectivity index (χ0) is 15.5. The Labute approximate surface area is 126 Å². The molecule has 6 heteroatoms. The van der Waals surface area contributed by atoms with Gasteiger partial charge in [-0.25, -0.2) is 8.42 Å². The van der Waals surface area contributed by atoms with Crippen molar-refractivity contribution in [3.8, 4) is 5.75 Å². The molecule has 1 aromatic carbocycles. The van der Waals surface area contributed by atoms with Crippen LogP contribution in [0.25, 0.3) is 0 Å². The molecule has 1 aliphatic rings. The van der Waals surface area contributed by atoms with E-state index in [4.69, 9.17) is 9.47 Å². The standard InChI is InChI=1S/C15H23NO4S/c1-12-10-16(11-13(2)20-12)7-8-21(17,18)15-6-4-5-14(9-15)19-3/h4-6,9,12-13H,7-8,10-11H2,1-3H3. The molecule has 1 aliphatic heterocycles. The predicted octanol–water partition coefficient (Wildman–Crippen LogP) is 1.58. The van der Waals surface area contributed by atoms with Crippen LogP contribution in [-0.4, -0.2) is 58.0 Å². The van der Waals surface area contributed by atoms with Crippen LogP contribution >= 0.6 is 0 Å². The molecule has 0 bridgehead atoms. The highest BCUT2D eigenvalue weighted by Gasteiger charge is 2.24. The first-order valence-electron chi connectivity index (χ1n) is 7.15. The lowest BCUT2D eigenvalue weighted by molar-refractivity contribution is -0.0662. The number of morpholine rings is 1. The molecule has 0 amide bonds. The van der Waals surface area contributed by atoms with Crippen molar-refractivity contribution in [1.82, 2.24) is 4.90 Å². The van der Waals surface area contributed by atoms with Crippen molar-refractivity contribution in [2.24, 2.45) is 0 Å². The first-order valence-corrected chi connectivity index (χ1v) is 8.80. The summed E-state index contributed by atoms with van der Waals surface area (Å²) in [5, 5.41) is 0. The Balaban J connectivity index is 2.00. The minimum atomic E-state index is -3.29. The van der Waals surface area contributed by atoms with Crippen molar-refractivity contribution in [3.63, 3.8) is 0 Å². The highest BCUT2D eigenvalue weighted by molar-refractivity contribution is 7.91. The molecule has 5 nitrogen and oxygen atoms in total. The number of benzene rings is 1. The molecule has 0 spiro atoms. The Morgan fingerprint density at radius 3 is 2.57 bits per heavy atom. The van der Waals surface area contributed by atoms with Crippen LogP contribution in [0.4, 0.5) is 0 Å². The van der Waals surface area contributed by atoms with E-state index in [1.165, 1.54) is 7.11 Å². The maximum absolute atomic E-state index is 12.4. The Morgan fingerprint density at radius 2 is 1.95 bits per heavy atom. The SMILES string of the molecule is COc1cccc(S(=O)(=O)CCN2CC(C)OC(C)C2)c1. The summed E-state index contributed by atoms with van der Waals surface area (Å²) >= 11 is 0. The smallest absolute Gasteiger partial charge is 0.179 e. The molecule has 0 N–H and O–H groups in total. The second kappa shape index (κ2) is 6.77. The summed E-state index contributed by atoms with van der Waals surface area (Å²) in [4.78, 5) is 2.47. The van der Waals surface area contributed by atoms with Crippen LogP contribution in [0.15, 0.2) is 29.2 Å². The van der Waals surface area contributed by atoms with E-state index in [2.05, 4.69) is 4.90 Å². The number of nitrogens with zero attached hydrogens (tertiary/aromatic N) is 1. The molecule has 0 saturated carbocycles. The van der Waals surface area contributed by atoms with Gasteiger partial charge in [0.25, 0.3) is 0 Å². The van der Waals surface area contributed by atoms with Crippen molar-refractivity contribution in [2.45, 2.75) is 31.0 Å². The van der Waals surface area contributed by atoms with Gasteiger partial charge in [-0.1, -0.05) is 6.07 Å². The summed E-state index contributed by atoms with van der Waals surface area (Å²) in [6.07, 6.45) is 0.293. The van der Waals surface area contributed by atoms with Gasteiger partial charge >= 0.3 is 0 Å². The van der Waals surface area contributed by atoms with Crippen LogP contribution in [0.5, 0.6) is 5.75 Å². The lowest BCUT2D eigenvalue weighted by Gasteiger charge is -2.35. The molecule has 118 valence electrons. The molecule has 1 aromatic rings. The first-order chi connectivity index (χ1) is 9.90. The zero-order valence-corrected chi connectivity index (χ0v) is 13.6. The Kier molecular flexibility index (Phi) is 5.24. The topological polar surface area (TPSA) is 55.8 Å². The summed E-state index contributed by atoms with van der Waals surface area (Å²) in [5.41, 5.74) is 0. The van der Waals surface area contributed by atoms with E-state index in [-0.39, 0.29) is 18.0 Å². The quantitative estimate of drug-likeness (QED) is 0.826. The third kappa shape index (κ3) is 4.43. The fraction of sp³-hybridized carbons (Fsp3) is 0.600. The van der Waals surface area contributed by atoms with Crippen LogP contribution in [-0.2, 0) is 14.6 Å². The van der Waals surface area contributed by atoms with Gasteiger partial charge in [-0.15, -0.1) is 0 Å². The molecular formula is C15H23NO4S. The van der Waals surface area contributed by atoms with Crippen molar-refractivity contribution < 1.29 is 17.9 Å². The predicted molar refractivity (Wildman–Crippen MR) is 81.5 cm³/mol. The number of methoxy groups -OCH3 is 1. The zero-order valence-electron chi connectivity index (χ0n) is 12.8. The Morgan fingerprint density at radius 1 is 1.29 bits per heavy atom. The average Bonchev–Trinajstić information content (AvgIpc) is 2.44. The van der Waals surface area contributed by atoms with Crippen LogP contribution in [0.1, 0.15) is 13.8 Å². The number of hydrogen-bond acceptors (Lipinski definition) is 5. The van der Waals surface area contributed by atoms with Gasteiger partial charge < -0.3 is 9.47 Å². The lowest BCUT2D eigenvalue weighted by atomic mass is 10.2. The maximum Gasteiger partial charge on any atom is 0.179 e. The van der Waals surface area contributed by atoms with E-state index < -0.39 is 9.84 Å². The minimum absolute atomic E-state index is 0.111. The van der Waals surface area contributed by atoms with E-state index in [1.807, 2.05) is 13.8 Å². The molecule has 1 fully saturated rings. The second-order valence-corrected chi connectivity index (χ2v) is 7.62. The second-order valence-electron chi connectivity index (χ2n) is 5.51. The first kappa shape index (κ1) is 16.3. The highest BCUT2D eigenvalue weighted by Crippen LogP contribution is 2.19. The van der Waals surface area contributed by atoms with Crippen LogP contribution < -0.4 is 4.74 Å². The van der Waals surface area contributed by atoms with Gasteiger partial charge in [0.2, 0.25) is 0 Å². The molecule has 0 radical (unpaired) electrons. The molecule has 0 aliphatic carbocycles. The third-order valence-corrected chi connectivity index (χ3v) is 5.26. The van der Waals surface area contributed by atoms with Crippen LogP contribution in [0.3, 0.4) is 0 Å². The fourth-order valence-electron chi connectivity index (χ4n) is 2.63. The summed E-state index contributed by atoms with van der Waals surface area (Å²) in [6.45, 7) is 6.10. The molecule has 0 aromatic heterocycles. The number of rotatable bonds is 5. The molecule has 1 saturated heterocycles. The molecule has 2 unspecified atom stereocenters. The fourth-order valence-corrected chi connectivity index (χ4v) is 3.94. The normalized spacial score (nSPS) is 24.0. The number of sulfone groups is 1. The van der Waals surface area contributed by atoms with Crippen molar-refractivity contribution >= 4 is 9.84 Å². The van der Waals surface area contributed by atoms with Gasteiger partial charge in [-0.2, -0.15) is 0 Å². The highest BCUT2D eigenvalue weighted by atomic mass is 32.2. The largest absolute Gasteiger partial charge is 0.497 e. The summed E-state index contributed by atoms with van der Waals surface area (Å²) < 4.78 is 35.5. The van der Waals surface area contributed by atoms with Gasteiger partial charge in [0, 0.05) is 19.6 Å². The van der Waals surface area contributed by atoms with E-state index >= 15 is 0 Å². The Bertz CT molecular complexity index is 563. The molecular weight excluding hydrogens is 290 g/mol. The van der Waals surface area contributed by atoms with E-state index in [0.29, 0.717) is 17.2 Å². The monoisotopic (exact) mass is 313 g/mol. The van der Waals surface area contributed by atoms with Crippen LogP contribution in [0.2, 0.25) is 0 Å². The third-order valence-electron chi connectivity index (χ3n) is 3.57. The van der Waals surface area contributed by atoms with Crippen molar-refractivity contribution in [1.29, 1.82) is 0 Å². The summed E-state index contributed by atoms with van der Waals surface area (Å²) in [7, 11) is -1.76. The summed E-state index contributed by atoms with van der Waals surface area (Å²) in [5.74, 6) is 0.671. The van der Waals surface area contributed by atoms with Crippen molar-refractivity contribution in [3.05, 3.63) is 24.3 Å². The maximum atomic E-state index is 12.4. The Hall–Kier alpha value is -1.11. The van der Waals surface area contributed by atoms with Gasteiger partial charge in [0.1, 0.15) is 5.75 Å². The average molecular weight is 313 g/mol.